The summed E-state index contributed by atoms with van der Waals surface area (Å²) in [6, 6.07) is 7.68. The minimum atomic E-state index is -0.572. The third-order valence-electron chi connectivity index (χ3n) is 3.88. The van der Waals surface area contributed by atoms with E-state index < -0.39 is 11.5 Å². The number of nitrogens with zero attached hydrogens (tertiary/aromatic N) is 5. The molecule has 1 amide bonds. The van der Waals surface area contributed by atoms with Gasteiger partial charge in [-0.05, 0) is 17.7 Å². The highest BCUT2D eigenvalue weighted by atomic mass is 16.5. The Balaban J connectivity index is 1.74. The van der Waals surface area contributed by atoms with Crippen LogP contribution in [0.5, 0.6) is 0 Å². The molecule has 1 aliphatic heterocycles. The van der Waals surface area contributed by atoms with Gasteiger partial charge in [0.1, 0.15) is 0 Å². The number of anilines is 1. The second kappa shape index (κ2) is 7.31. The van der Waals surface area contributed by atoms with Crippen LogP contribution in [0, 0.1) is 0 Å². The van der Waals surface area contributed by atoms with Crippen LogP contribution in [0.1, 0.15) is 16.1 Å². The van der Waals surface area contributed by atoms with E-state index in [1.54, 1.807) is 4.90 Å². The number of aromatic nitrogens is 3. The number of H-pyrrole nitrogens is 1. The average Bonchev–Trinajstić information content (AvgIpc) is 3.01. The Kier molecular flexibility index (Phi) is 4.94. The summed E-state index contributed by atoms with van der Waals surface area (Å²) in [6.45, 7) is 1.83. The Morgan fingerprint density at radius 3 is 2.60 bits per heavy atom. The average molecular weight is 344 g/mol. The molecule has 1 saturated heterocycles. The molecule has 132 valence electrons. The number of carbonyl (C=O) groups is 1. The number of ether oxygens (including phenoxy) is 1. The highest BCUT2D eigenvalue weighted by molar-refractivity contribution is 5.92. The maximum Gasteiger partial charge on any atom is 0.320 e. The maximum absolute atomic E-state index is 12.3. The van der Waals surface area contributed by atoms with Crippen molar-refractivity contribution < 1.29 is 9.53 Å². The molecule has 1 aromatic carbocycles. The van der Waals surface area contributed by atoms with E-state index >= 15 is 0 Å². The molecule has 0 radical (unpaired) electrons. The minimum absolute atomic E-state index is 0.165. The molecule has 2 heterocycles. The van der Waals surface area contributed by atoms with Gasteiger partial charge in [0.2, 0.25) is 5.69 Å². The molecule has 0 unspecified atom stereocenters. The number of hydrogen-bond donors (Lipinski definition) is 1. The lowest BCUT2D eigenvalue weighted by molar-refractivity contribution is 0.0298. The molecule has 0 saturated carbocycles. The summed E-state index contributed by atoms with van der Waals surface area (Å²) in [5, 5.41) is 10.3. The molecule has 2 aromatic rings. The molecule has 1 aromatic heterocycles. The fourth-order valence-corrected chi connectivity index (χ4v) is 2.41. The van der Waals surface area contributed by atoms with Gasteiger partial charge in [-0.2, -0.15) is 10.3 Å². The second-order valence-corrected chi connectivity index (χ2v) is 5.81. The van der Waals surface area contributed by atoms with Gasteiger partial charge in [-0.1, -0.05) is 12.1 Å². The largest absolute Gasteiger partial charge is 0.378 e. The first kappa shape index (κ1) is 16.9. The Bertz CT molecular complexity index is 815. The summed E-state index contributed by atoms with van der Waals surface area (Å²) in [4.78, 5) is 29.1. The fraction of sp³-hybridized carbons (Fsp3) is 0.375. The van der Waals surface area contributed by atoms with E-state index in [9.17, 15) is 9.59 Å². The molecule has 0 spiro atoms. The van der Waals surface area contributed by atoms with Crippen LogP contribution in [0.15, 0.2) is 34.2 Å². The van der Waals surface area contributed by atoms with Crippen LogP contribution >= 0.6 is 0 Å². The quantitative estimate of drug-likeness (QED) is 0.787. The molecule has 1 N–H and O–H groups in total. The van der Waals surface area contributed by atoms with Crippen molar-refractivity contribution in [1.29, 1.82) is 0 Å². The Hall–Kier alpha value is -2.94. The predicted octanol–water partition coefficient (Wildman–Crippen LogP) is -0.00800. The van der Waals surface area contributed by atoms with Gasteiger partial charge >= 0.3 is 5.56 Å². The zero-order valence-electron chi connectivity index (χ0n) is 14.2. The third kappa shape index (κ3) is 3.77. The van der Waals surface area contributed by atoms with Crippen LogP contribution < -0.4 is 10.5 Å². The fourth-order valence-electron chi connectivity index (χ4n) is 2.41. The topological polar surface area (TPSA) is 95.8 Å². The molecule has 0 aliphatic carbocycles. The number of amides is 1. The third-order valence-corrected chi connectivity index (χ3v) is 3.88. The summed E-state index contributed by atoms with van der Waals surface area (Å²) >= 11 is 0. The monoisotopic (exact) mass is 344 g/mol. The van der Waals surface area contributed by atoms with Gasteiger partial charge in [0.25, 0.3) is 5.91 Å². The van der Waals surface area contributed by atoms with Crippen molar-refractivity contribution >= 4 is 17.8 Å². The number of carbonyl (C=O) groups excluding carboxylic acids is 1. The van der Waals surface area contributed by atoms with E-state index in [2.05, 4.69) is 15.4 Å². The number of rotatable bonds is 4. The SMILES string of the molecule is CN(C)c1ccc(C=Nn2[nH]nc(C(=O)N3CCOCC3)c2=O)cc1. The van der Waals surface area contributed by atoms with E-state index in [0.717, 1.165) is 16.0 Å². The Labute approximate surface area is 144 Å². The zero-order chi connectivity index (χ0) is 17.8. The van der Waals surface area contributed by atoms with E-state index in [1.165, 1.54) is 6.21 Å². The smallest absolute Gasteiger partial charge is 0.320 e. The van der Waals surface area contributed by atoms with Crippen molar-refractivity contribution in [1.82, 2.24) is 20.0 Å². The minimum Gasteiger partial charge on any atom is -0.378 e. The first-order chi connectivity index (χ1) is 12.1. The van der Waals surface area contributed by atoms with Crippen molar-refractivity contribution in [3.63, 3.8) is 0 Å². The highest BCUT2D eigenvalue weighted by Crippen LogP contribution is 2.10. The molecule has 25 heavy (non-hydrogen) atoms. The lowest BCUT2D eigenvalue weighted by Gasteiger charge is -2.25. The van der Waals surface area contributed by atoms with Gasteiger partial charge in [0, 0.05) is 32.9 Å². The summed E-state index contributed by atoms with van der Waals surface area (Å²) < 4.78 is 5.20. The molecule has 1 aliphatic rings. The van der Waals surface area contributed by atoms with Crippen molar-refractivity contribution in [2.45, 2.75) is 0 Å². The lowest BCUT2D eigenvalue weighted by Crippen LogP contribution is -2.42. The standard InChI is InChI=1S/C16H20N6O3/c1-20(2)13-5-3-12(4-6-13)11-17-22-16(24)14(18-19-22)15(23)21-7-9-25-10-8-21/h3-6,11,19H,7-10H2,1-2H3. The molecule has 1 fully saturated rings. The van der Waals surface area contributed by atoms with Crippen LogP contribution in [0.3, 0.4) is 0 Å². The van der Waals surface area contributed by atoms with E-state index in [1.807, 2.05) is 43.3 Å². The molecule has 9 nitrogen and oxygen atoms in total. The Morgan fingerprint density at radius 2 is 1.96 bits per heavy atom. The summed E-state index contributed by atoms with van der Waals surface area (Å²) in [5.41, 5.74) is 1.15. The van der Waals surface area contributed by atoms with Crippen LogP contribution in [-0.2, 0) is 4.74 Å². The molecule has 3 rings (SSSR count). The second-order valence-electron chi connectivity index (χ2n) is 5.81. The number of morpholine rings is 1. The number of nitrogens with one attached hydrogen (secondary N) is 1. The first-order valence-electron chi connectivity index (χ1n) is 7.92. The van der Waals surface area contributed by atoms with Crippen molar-refractivity contribution in [3.8, 4) is 0 Å². The van der Waals surface area contributed by atoms with Crippen LogP contribution in [0.25, 0.3) is 0 Å². The number of hydrogen-bond acceptors (Lipinski definition) is 6. The zero-order valence-corrected chi connectivity index (χ0v) is 14.2. The summed E-state index contributed by atoms with van der Waals surface area (Å²) in [6.07, 6.45) is 1.53. The van der Waals surface area contributed by atoms with Gasteiger partial charge in [0.15, 0.2) is 0 Å². The molecular weight excluding hydrogens is 324 g/mol. The molecular formula is C16H20N6O3. The number of aromatic amines is 1. The normalized spacial score (nSPS) is 14.9. The van der Waals surface area contributed by atoms with Crippen molar-refractivity contribution in [2.75, 3.05) is 45.3 Å². The van der Waals surface area contributed by atoms with E-state index in [4.69, 9.17) is 4.74 Å². The summed E-state index contributed by atoms with van der Waals surface area (Å²) in [5.74, 6) is -0.408. The van der Waals surface area contributed by atoms with Gasteiger partial charge in [-0.15, -0.1) is 9.89 Å². The molecule has 0 bridgehead atoms. The molecule has 0 atom stereocenters. The highest BCUT2D eigenvalue weighted by Gasteiger charge is 2.24. The van der Waals surface area contributed by atoms with Gasteiger partial charge in [-0.25, -0.2) is 0 Å². The lowest BCUT2D eigenvalue weighted by atomic mass is 10.2. The Morgan fingerprint density at radius 1 is 1.28 bits per heavy atom. The predicted molar refractivity (Wildman–Crippen MR) is 93.3 cm³/mol. The summed E-state index contributed by atoms with van der Waals surface area (Å²) in [7, 11) is 3.92. The van der Waals surface area contributed by atoms with Gasteiger partial charge in [0.05, 0.1) is 19.4 Å². The van der Waals surface area contributed by atoms with Crippen molar-refractivity contribution in [2.24, 2.45) is 5.10 Å². The molecule has 9 heteroatoms. The first-order valence-corrected chi connectivity index (χ1v) is 7.92. The maximum atomic E-state index is 12.3. The van der Waals surface area contributed by atoms with Crippen LogP contribution in [-0.4, -0.2) is 72.5 Å². The van der Waals surface area contributed by atoms with Gasteiger partial charge in [-0.3, -0.25) is 9.59 Å². The van der Waals surface area contributed by atoms with Crippen LogP contribution in [0.2, 0.25) is 0 Å². The van der Waals surface area contributed by atoms with E-state index in [0.29, 0.717) is 26.3 Å². The van der Waals surface area contributed by atoms with Crippen LogP contribution in [0.4, 0.5) is 5.69 Å². The van der Waals surface area contributed by atoms with Gasteiger partial charge < -0.3 is 14.5 Å². The van der Waals surface area contributed by atoms with Crippen molar-refractivity contribution in [3.05, 3.63) is 45.9 Å². The van der Waals surface area contributed by atoms with E-state index in [-0.39, 0.29) is 5.69 Å². The number of benzene rings is 1.